The highest BCUT2D eigenvalue weighted by molar-refractivity contribution is 7.98. The van der Waals surface area contributed by atoms with E-state index in [1.807, 2.05) is 20.2 Å². The van der Waals surface area contributed by atoms with Crippen molar-refractivity contribution in [3.63, 3.8) is 0 Å². The van der Waals surface area contributed by atoms with E-state index in [1.54, 1.807) is 16.7 Å². The summed E-state index contributed by atoms with van der Waals surface area (Å²) in [5.41, 5.74) is 0.285. The Labute approximate surface area is 99.7 Å². The maximum Gasteiger partial charge on any atom is 0.171 e. The third-order valence-electron chi connectivity index (χ3n) is 2.52. The summed E-state index contributed by atoms with van der Waals surface area (Å²) >= 11 is 1.71. The Morgan fingerprint density at radius 3 is 2.88 bits per heavy atom. The molecule has 90 valence electrons. The molecule has 1 aromatic rings. The molecule has 1 unspecified atom stereocenters. The van der Waals surface area contributed by atoms with Gasteiger partial charge in [0.15, 0.2) is 11.6 Å². The van der Waals surface area contributed by atoms with Crippen molar-refractivity contribution in [2.75, 3.05) is 24.0 Å². The largest absolute Gasteiger partial charge is 0.392 e. The van der Waals surface area contributed by atoms with Gasteiger partial charge in [-0.15, -0.1) is 0 Å². The third-order valence-corrected chi connectivity index (χ3v) is 3.34. The Balaban J connectivity index is 2.94. The predicted molar refractivity (Wildman–Crippen MR) is 66.4 cm³/mol. The van der Waals surface area contributed by atoms with E-state index in [9.17, 15) is 4.39 Å². The van der Waals surface area contributed by atoms with Gasteiger partial charge in [-0.1, -0.05) is 0 Å². The van der Waals surface area contributed by atoms with Crippen LogP contribution in [-0.2, 0) is 6.61 Å². The monoisotopic (exact) mass is 244 g/mol. The molecule has 0 bridgehead atoms. The number of pyridine rings is 1. The van der Waals surface area contributed by atoms with Crippen molar-refractivity contribution in [1.29, 1.82) is 0 Å². The minimum absolute atomic E-state index is 0.200. The fourth-order valence-corrected chi connectivity index (χ4v) is 2.11. The number of aliphatic hydroxyl groups is 1. The molecule has 0 saturated heterocycles. The summed E-state index contributed by atoms with van der Waals surface area (Å²) < 4.78 is 13.9. The summed E-state index contributed by atoms with van der Waals surface area (Å²) in [4.78, 5) is 5.82. The molecule has 0 spiro atoms. The van der Waals surface area contributed by atoms with Crippen molar-refractivity contribution in [1.82, 2.24) is 4.98 Å². The number of nitrogens with zero attached hydrogens (tertiary/aromatic N) is 2. The van der Waals surface area contributed by atoms with Crippen LogP contribution < -0.4 is 4.90 Å². The van der Waals surface area contributed by atoms with Crippen molar-refractivity contribution < 1.29 is 9.50 Å². The molecule has 0 aliphatic carbocycles. The van der Waals surface area contributed by atoms with Crippen molar-refractivity contribution in [2.45, 2.75) is 19.6 Å². The summed E-state index contributed by atoms with van der Waals surface area (Å²) in [6.45, 7) is 1.72. The first-order chi connectivity index (χ1) is 7.61. The summed E-state index contributed by atoms with van der Waals surface area (Å²) in [5, 5.41) is 8.98. The lowest BCUT2D eigenvalue weighted by Gasteiger charge is -2.26. The maximum absolute atomic E-state index is 13.9. The number of rotatable bonds is 5. The fourth-order valence-electron chi connectivity index (χ4n) is 1.40. The van der Waals surface area contributed by atoms with E-state index in [4.69, 9.17) is 5.11 Å². The van der Waals surface area contributed by atoms with Crippen LogP contribution in [0.4, 0.5) is 10.2 Å². The van der Waals surface area contributed by atoms with Gasteiger partial charge in [-0.2, -0.15) is 11.8 Å². The highest BCUT2D eigenvalue weighted by Crippen LogP contribution is 2.20. The summed E-state index contributed by atoms with van der Waals surface area (Å²) in [5.74, 6) is 0.773. The standard InChI is InChI=1S/C11H17FN2OS/c1-8(7-16-3)14(2)11-10(12)9(6-15)4-5-13-11/h4-5,8,15H,6-7H2,1-3H3. The molecule has 0 amide bonds. The van der Waals surface area contributed by atoms with E-state index in [0.717, 1.165) is 5.75 Å². The van der Waals surface area contributed by atoms with E-state index in [0.29, 0.717) is 5.82 Å². The van der Waals surface area contributed by atoms with Crippen LogP contribution in [-0.4, -0.2) is 35.2 Å². The third kappa shape index (κ3) is 2.86. The number of anilines is 1. The van der Waals surface area contributed by atoms with Gasteiger partial charge in [-0.25, -0.2) is 9.37 Å². The average molecular weight is 244 g/mol. The highest BCUT2D eigenvalue weighted by atomic mass is 32.2. The lowest BCUT2D eigenvalue weighted by molar-refractivity contribution is 0.275. The molecule has 1 atom stereocenters. The van der Waals surface area contributed by atoms with E-state index in [2.05, 4.69) is 4.98 Å². The number of aliphatic hydroxyl groups excluding tert-OH is 1. The van der Waals surface area contributed by atoms with E-state index in [-0.39, 0.29) is 18.2 Å². The molecule has 0 aliphatic heterocycles. The second kappa shape index (κ2) is 6.06. The average Bonchev–Trinajstić information content (AvgIpc) is 2.29. The maximum atomic E-state index is 13.9. The van der Waals surface area contributed by atoms with Crippen molar-refractivity contribution in [3.8, 4) is 0 Å². The molecule has 0 radical (unpaired) electrons. The number of hydrogen-bond acceptors (Lipinski definition) is 4. The molecule has 3 nitrogen and oxygen atoms in total. The summed E-state index contributed by atoms with van der Waals surface area (Å²) in [6.07, 6.45) is 3.53. The molecular weight excluding hydrogens is 227 g/mol. The Morgan fingerprint density at radius 1 is 1.62 bits per heavy atom. The first-order valence-corrected chi connectivity index (χ1v) is 6.47. The van der Waals surface area contributed by atoms with E-state index >= 15 is 0 Å². The van der Waals surface area contributed by atoms with E-state index in [1.165, 1.54) is 12.3 Å². The Morgan fingerprint density at radius 2 is 2.31 bits per heavy atom. The van der Waals surface area contributed by atoms with Gasteiger partial charge in [0.1, 0.15) is 0 Å². The number of thioether (sulfide) groups is 1. The molecule has 1 rings (SSSR count). The van der Waals surface area contributed by atoms with Crippen LogP contribution >= 0.6 is 11.8 Å². The molecule has 5 heteroatoms. The van der Waals surface area contributed by atoms with Crippen molar-refractivity contribution >= 4 is 17.6 Å². The van der Waals surface area contributed by atoms with E-state index < -0.39 is 5.82 Å². The molecule has 1 aromatic heterocycles. The lowest BCUT2D eigenvalue weighted by Crippen LogP contribution is -2.32. The van der Waals surface area contributed by atoms with Crippen LogP contribution in [0.5, 0.6) is 0 Å². The number of halogens is 1. The predicted octanol–water partition coefficient (Wildman–Crippen LogP) is 1.90. The van der Waals surface area contributed by atoms with Crippen molar-refractivity contribution in [3.05, 3.63) is 23.6 Å². The second-order valence-electron chi connectivity index (χ2n) is 3.68. The van der Waals surface area contributed by atoms with Gasteiger partial charge in [0, 0.05) is 30.6 Å². The van der Waals surface area contributed by atoms with Gasteiger partial charge in [-0.3, -0.25) is 0 Å². The van der Waals surface area contributed by atoms with Gasteiger partial charge in [-0.05, 0) is 19.2 Å². The molecule has 0 aromatic carbocycles. The van der Waals surface area contributed by atoms with Crippen LogP contribution in [0, 0.1) is 5.82 Å². The normalized spacial score (nSPS) is 12.6. The SMILES string of the molecule is CSCC(C)N(C)c1nccc(CO)c1F. The highest BCUT2D eigenvalue weighted by Gasteiger charge is 2.16. The molecular formula is C11H17FN2OS. The van der Waals surface area contributed by atoms with Gasteiger partial charge in [0.05, 0.1) is 6.61 Å². The second-order valence-corrected chi connectivity index (χ2v) is 4.59. The molecule has 0 aliphatic rings. The topological polar surface area (TPSA) is 36.4 Å². The Hall–Kier alpha value is -0.810. The lowest BCUT2D eigenvalue weighted by atomic mass is 10.2. The van der Waals surface area contributed by atoms with Crippen LogP contribution in [0.2, 0.25) is 0 Å². The number of aromatic nitrogens is 1. The number of hydrogen-bond donors (Lipinski definition) is 1. The quantitative estimate of drug-likeness (QED) is 0.858. The van der Waals surface area contributed by atoms with Gasteiger partial charge in [0.25, 0.3) is 0 Å². The zero-order valence-corrected chi connectivity index (χ0v) is 10.6. The summed E-state index contributed by atoms with van der Waals surface area (Å²) in [6, 6.07) is 1.69. The van der Waals surface area contributed by atoms with Gasteiger partial charge >= 0.3 is 0 Å². The molecule has 1 N–H and O–H groups in total. The van der Waals surface area contributed by atoms with Crippen LogP contribution in [0.15, 0.2) is 12.3 Å². The Kier molecular flexibility index (Phi) is 5.02. The summed E-state index contributed by atoms with van der Waals surface area (Å²) in [7, 11) is 1.81. The van der Waals surface area contributed by atoms with Crippen molar-refractivity contribution in [2.24, 2.45) is 0 Å². The van der Waals surface area contributed by atoms with Crippen LogP contribution in [0.1, 0.15) is 12.5 Å². The zero-order chi connectivity index (χ0) is 12.1. The Bertz CT molecular complexity index is 349. The molecule has 1 heterocycles. The minimum Gasteiger partial charge on any atom is -0.392 e. The smallest absolute Gasteiger partial charge is 0.171 e. The van der Waals surface area contributed by atoms with Gasteiger partial charge in [0.2, 0.25) is 0 Å². The van der Waals surface area contributed by atoms with Crippen LogP contribution in [0.25, 0.3) is 0 Å². The first-order valence-electron chi connectivity index (χ1n) is 5.07. The first kappa shape index (κ1) is 13.3. The zero-order valence-electron chi connectivity index (χ0n) is 9.77. The van der Waals surface area contributed by atoms with Crippen LogP contribution in [0.3, 0.4) is 0 Å². The van der Waals surface area contributed by atoms with Gasteiger partial charge < -0.3 is 10.0 Å². The molecule has 0 saturated carbocycles. The molecule has 16 heavy (non-hydrogen) atoms. The minimum atomic E-state index is -0.430. The fraction of sp³-hybridized carbons (Fsp3) is 0.545. The molecule has 0 fully saturated rings.